The summed E-state index contributed by atoms with van der Waals surface area (Å²) >= 11 is 7.43. The summed E-state index contributed by atoms with van der Waals surface area (Å²) in [6, 6.07) is 15.9. The highest BCUT2D eigenvalue weighted by Crippen LogP contribution is 2.41. The minimum atomic E-state index is -3.11. The van der Waals surface area contributed by atoms with E-state index in [0.717, 1.165) is 5.69 Å². The smallest absolute Gasteiger partial charge is 0.285 e. The third kappa shape index (κ3) is 4.19. The lowest BCUT2D eigenvalue weighted by Crippen LogP contribution is -2.37. The number of halogens is 1. The number of aliphatic imine (C=N–C) groups is 1. The van der Waals surface area contributed by atoms with E-state index < -0.39 is 15.7 Å². The van der Waals surface area contributed by atoms with Gasteiger partial charge in [0.25, 0.3) is 5.91 Å². The zero-order valence-corrected chi connectivity index (χ0v) is 17.1. The van der Waals surface area contributed by atoms with E-state index in [1.54, 1.807) is 30.3 Å². The first-order valence-corrected chi connectivity index (χ1v) is 11.7. The Hall–Kier alpha value is -2.03. The summed E-state index contributed by atoms with van der Waals surface area (Å²) < 4.78 is 29.6. The molecule has 2 unspecified atom stereocenters. The van der Waals surface area contributed by atoms with Crippen molar-refractivity contribution in [3.63, 3.8) is 0 Å². The van der Waals surface area contributed by atoms with Gasteiger partial charge in [-0.25, -0.2) is 8.42 Å². The topological polar surface area (TPSA) is 76.0 Å². The summed E-state index contributed by atoms with van der Waals surface area (Å²) in [6.07, 6.45) is 0. The molecule has 0 bridgehead atoms. The largest absolute Gasteiger partial charge is 0.484 e. The number of benzene rings is 2. The molecule has 0 aliphatic carbocycles. The van der Waals surface area contributed by atoms with Crippen LogP contribution >= 0.6 is 23.4 Å². The molecule has 2 aliphatic rings. The van der Waals surface area contributed by atoms with E-state index in [2.05, 4.69) is 4.99 Å². The Balaban J connectivity index is 1.58. The highest BCUT2D eigenvalue weighted by Gasteiger charge is 2.49. The number of sulfone groups is 1. The zero-order chi connectivity index (χ0) is 19.7. The molecular weight excluding hydrogens is 420 g/mol. The van der Waals surface area contributed by atoms with Crippen molar-refractivity contribution in [2.24, 2.45) is 4.99 Å². The summed E-state index contributed by atoms with van der Waals surface area (Å²) in [5.74, 6) is 0.267. The van der Waals surface area contributed by atoms with Crippen LogP contribution in [0.5, 0.6) is 5.75 Å². The Morgan fingerprint density at radius 2 is 1.96 bits per heavy atom. The van der Waals surface area contributed by atoms with E-state index in [-0.39, 0.29) is 29.4 Å². The van der Waals surface area contributed by atoms with Crippen LogP contribution in [0.25, 0.3) is 0 Å². The normalized spacial score (nSPS) is 24.3. The fourth-order valence-corrected chi connectivity index (χ4v) is 7.41. The van der Waals surface area contributed by atoms with Crippen molar-refractivity contribution in [2.45, 2.75) is 11.3 Å². The maximum absolute atomic E-state index is 12.4. The van der Waals surface area contributed by atoms with Gasteiger partial charge in [0, 0.05) is 16.0 Å². The number of ether oxygens (including phenoxy) is 1. The van der Waals surface area contributed by atoms with Crippen LogP contribution in [-0.4, -0.2) is 48.9 Å². The standard InChI is InChI=1S/C19H17ClN2O4S2/c20-13-5-4-6-14(9-13)22-16-11-28(24,25)12-17(16)27-19(22)21-18(23)10-26-15-7-2-1-3-8-15/h1-9,16-17H,10-12H2. The molecular formula is C19H17ClN2O4S2. The van der Waals surface area contributed by atoms with E-state index in [4.69, 9.17) is 16.3 Å². The number of anilines is 1. The molecule has 28 heavy (non-hydrogen) atoms. The Morgan fingerprint density at radius 3 is 2.71 bits per heavy atom. The van der Waals surface area contributed by atoms with Gasteiger partial charge in [0.1, 0.15) is 5.75 Å². The predicted octanol–water partition coefficient (Wildman–Crippen LogP) is 3.02. The molecule has 0 saturated carbocycles. The van der Waals surface area contributed by atoms with Gasteiger partial charge in [-0.3, -0.25) is 4.79 Å². The molecule has 2 atom stereocenters. The lowest BCUT2D eigenvalue weighted by molar-refractivity contribution is -0.119. The number of amidine groups is 1. The third-order valence-corrected chi connectivity index (χ3v) is 7.92. The number of carbonyl (C=O) groups is 1. The first-order chi connectivity index (χ1) is 13.4. The monoisotopic (exact) mass is 436 g/mol. The van der Waals surface area contributed by atoms with Crippen molar-refractivity contribution < 1.29 is 17.9 Å². The number of nitrogens with zero attached hydrogens (tertiary/aromatic N) is 2. The number of hydrogen-bond donors (Lipinski definition) is 0. The highest BCUT2D eigenvalue weighted by atomic mass is 35.5. The third-order valence-electron chi connectivity index (χ3n) is 4.48. The molecule has 0 radical (unpaired) electrons. The fourth-order valence-electron chi connectivity index (χ4n) is 3.29. The van der Waals surface area contributed by atoms with Gasteiger partial charge in [0.15, 0.2) is 21.6 Å². The van der Waals surface area contributed by atoms with Crippen LogP contribution < -0.4 is 9.64 Å². The predicted molar refractivity (Wildman–Crippen MR) is 112 cm³/mol. The van der Waals surface area contributed by atoms with Crippen molar-refractivity contribution in [3.8, 4) is 5.75 Å². The van der Waals surface area contributed by atoms with Gasteiger partial charge >= 0.3 is 0 Å². The molecule has 146 valence electrons. The van der Waals surface area contributed by atoms with Crippen LogP contribution in [0.1, 0.15) is 0 Å². The number of para-hydroxylation sites is 1. The molecule has 0 aromatic heterocycles. The molecule has 2 saturated heterocycles. The highest BCUT2D eigenvalue weighted by molar-refractivity contribution is 8.16. The lowest BCUT2D eigenvalue weighted by Gasteiger charge is -2.24. The molecule has 2 aromatic rings. The molecule has 9 heteroatoms. The molecule has 0 spiro atoms. The summed E-state index contributed by atoms with van der Waals surface area (Å²) in [5.41, 5.74) is 0.722. The Bertz CT molecular complexity index is 1030. The minimum absolute atomic E-state index is 0.0326. The molecule has 6 nitrogen and oxygen atoms in total. The number of amides is 1. The molecule has 2 heterocycles. The second-order valence-electron chi connectivity index (χ2n) is 6.54. The second-order valence-corrected chi connectivity index (χ2v) is 10.3. The molecule has 2 aromatic carbocycles. The van der Waals surface area contributed by atoms with Gasteiger partial charge in [-0.15, -0.1) is 0 Å². The second kappa shape index (κ2) is 7.77. The van der Waals surface area contributed by atoms with Gasteiger partial charge in [0.2, 0.25) is 0 Å². The Kier molecular flexibility index (Phi) is 5.35. The van der Waals surface area contributed by atoms with Crippen molar-refractivity contribution >= 4 is 50.0 Å². The summed E-state index contributed by atoms with van der Waals surface area (Å²) in [6.45, 7) is -0.189. The fraction of sp³-hybridized carbons (Fsp3) is 0.263. The lowest BCUT2D eigenvalue weighted by atomic mass is 10.2. The Labute approximate surface area is 172 Å². The molecule has 2 fully saturated rings. The summed E-state index contributed by atoms with van der Waals surface area (Å²) in [5, 5.41) is 0.851. The van der Waals surface area contributed by atoms with Crippen LogP contribution in [0.3, 0.4) is 0 Å². The Morgan fingerprint density at radius 1 is 1.18 bits per heavy atom. The molecule has 2 aliphatic heterocycles. The summed E-state index contributed by atoms with van der Waals surface area (Å²) in [4.78, 5) is 18.4. The van der Waals surface area contributed by atoms with Crippen LogP contribution in [0.2, 0.25) is 5.02 Å². The van der Waals surface area contributed by atoms with Crippen LogP contribution in [-0.2, 0) is 14.6 Å². The number of hydrogen-bond acceptors (Lipinski definition) is 5. The number of thioether (sulfide) groups is 1. The van der Waals surface area contributed by atoms with Crippen molar-refractivity contribution in [1.29, 1.82) is 0 Å². The van der Waals surface area contributed by atoms with Gasteiger partial charge in [-0.2, -0.15) is 4.99 Å². The molecule has 0 N–H and O–H groups in total. The van der Waals surface area contributed by atoms with Gasteiger partial charge in [0.05, 0.1) is 17.5 Å². The van der Waals surface area contributed by atoms with Crippen LogP contribution in [0.4, 0.5) is 5.69 Å². The quantitative estimate of drug-likeness (QED) is 0.733. The molecule has 1 amide bonds. The van der Waals surface area contributed by atoms with E-state index >= 15 is 0 Å². The zero-order valence-electron chi connectivity index (χ0n) is 14.7. The number of carbonyl (C=O) groups excluding carboxylic acids is 1. The minimum Gasteiger partial charge on any atom is -0.484 e. The van der Waals surface area contributed by atoms with Crippen molar-refractivity contribution in [3.05, 3.63) is 59.6 Å². The van der Waals surface area contributed by atoms with Gasteiger partial charge in [-0.05, 0) is 30.3 Å². The number of fused-ring (bicyclic) bond motifs is 1. The average molecular weight is 437 g/mol. The maximum Gasteiger partial charge on any atom is 0.285 e. The van der Waals surface area contributed by atoms with E-state index in [9.17, 15) is 13.2 Å². The van der Waals surface area contributed by atoms with E-state index in [1.807, 2.05) is 29.2 Å². The molecule has 4 rings (SSSR count). The van der Waals surface area contributed by atoms with Crippen LogP contribution in [0.15, 0.2) is 59.6 Å². The van der Waals surface area contributed by atoms with Crippen molar-refractivity contribution in [2.75, 3.05) is 23.0 Å². The van der Waals surface area contributed by atoms with Crippen molar-refractivity contribution in [1.82, 2.24) is 0 Å². The van der Waals surface area contributed by atoms with Crippen LogP contribution in [0, 0.1) is 0 Å². The van der Waals surface area contributed by atoms with Gasteiger partial charge in [-0.1, -0.05) is 47.6 Å². The van der Waals surface area contributed by atoms with Gasteiger partial charge < -0.3 is 9.64 Å². The first kappa shape index (κ1) is 19.3. The maximum atomic E-state index is 12.4. The first-order valence-electron chi connectivity index (χ1n) is 8.62. The van der Waals surface area contributed by atoms with E-state index in [1.165, 1.54) is 11.8 Å². The SMILES string of the molecule is O=C(COc1ccccc1)N=C1SC2CS(=O)(=O)CC2N1c1cccc(Cl)c1. The average Bonchev–Trinajstić information content (AvgIpc) is 3.11. The number of rotatable bonds is 4. The summed E-state index contributed by atoms with van der Waals surface area (Å²) in [7, 11) is -3.11. The van der Waals surface area contributed by atoms with E-state index in [0.29, 0.717) is 15.9 Å².